The maximum atomic E-state index is 14.0. The summed E-state index contributed by atoms with van der Waals surface area (Å²) >= 11 is 0. The molecule has 0 bridgehead atoms. The van der Waals surface area contributed by atoms with E-state index >= 15 is 0 Å². The number of aromatic nitrogens is 2. The van der Waals surface area contributed by atoms with Crippen molar-refractivity contribution in [3.8, 4) is 0 Å². The normalized spacial score (nSPS) is 13.3. The van der Waals surface area contributed by atoms with E-state index < -0.39 is 11.6 Å². The van der Waals surface area contributed by atoms with Gasteiger partial charge < -0.3 is 5.32 Å². The summed E-state index contributed by atoms with van der Waals surface area (Å²) in [6, 6.07) is 3.22. The number of benzene rings is 1. The predicted molar refractivity (Wildman–Crippen MR) is 85.8 cm³/mol. The van der Waals surface area contributed by atoms with Crippen LogP contribution in [0, 0.1) is 12.7 Å². The smallest absolute Gasteiger partial charge is 0.162 e. The standard InChI is InChI=1S/C16H18F2N4/c1-8-6-12-15(21-22-16(12)13(17)7-8)11(4)20-10(3)14(18)9(2)19-5/h6-7,20H,4H2,1-3,5H3,(H,21,22). The highest BCUT2D eigenvalue weighted by Gasteiger charge is 2.14. The van der Waals surface area contributed by atoms with Gasteiger partial charge in [-0.25, -0.2) is 8.78 Å². The van der Waals surface area contributed by atoms with Crippen molar-refractivity contribution in [1.82, 2.24) is 15.5 Å². The molecule has 0 aliphatic heterocycles. The number of aliphatic imine (C=N–C) groups is 1. The highest BCUT2D eigenvalue weighted by atomic mass is 19.1. The van der Waals surface area contributed by atoms with E-state index in [0.29, 0.717) is 16.8 Å². The lowest BCUT2D eigenvalue weighted by Crippen LogP contribution is -2.13. The van der Waals surface area contributed by atoms with Gasteiger partial charge >= 0.3 is 0 Å². The average Bonchev–Trinajstić information content (AvgIpc) is 2.89. The second kappa shape index (κ2) is 6.09. The molecule has 2 rings (SSSR count). The zero-order valence-corrected chi connectivity index (χ0v) is 13.0. The molecule has 0 unspecified atom stereocenters. The molecule has 1 heterocycles. The van der Waals surface area contributed by atoms with Gasteiger partial charge in [-0.1, -0.05) is 6.58 Å². The molecule has 0 radical (unpaired) electrons. The summed E-state index contributed by atoms with van der Waals surface area (Å²) in [6.45, 7) is 8.82. The molecule has 4 nitrogen and oxygen atoms in total. The second-order valence-electron chi connectivity index (χ2n) is 5.09. The molecule has 0 spiro atoms. The third-order valence-electron chi connectivity index (χ3n) is 3.38. The van der Waals surface area contributed by atoms with Crippen LogP contribution in [0.5, 0.6) is 0 Å². The average molecular weight is 304 g/mol. The Kier molecular flexibility index (Phi) is 4.40. The van der Waals surface area contributed by atoms with Gasteiger partial charge in [-0.05, 0) is 38.5 Å². The van der Waals surface area contributed by atoms with E-state index in [1.54, 1.807) is 26.8 Å². The number of fused-ring (bicyclic) bond motifs is 1. The van der Waals surface area contributed by atoms with Crippen LogP contribution in [-0.2, 0) is 0 Å². The van der Waals surface area contributed by atoms with Crippen molar-refractivity contribution in [2.75, 3.05) is 7.05 Å². The molecule has 2 aromatic rings. The Morgan fingerprint density at radius 2 is 2.05 bits per heavy atom. The van der Waals surface area contributed by atoms with Crippen LogP contribution >= 0.6 is 0 Å². The minimum absolute atomic E-state index is 0.233. The van der Waals surface area contributed by atoms with E-state index in [-0.39, 0.29) is 16.9 Å². The first kappa shape index (κ1) is 15.9. The summed E-state index contributed by atoms with van der Waals surface area (Å²) in [4.78, 5) is 3.80. The fourth-order valence-corrected chi connectivity index (χ4v) is 2.15. The minimum Gasteiger partial charge on any atom is -0.355 e. The van der Waals surface area contributed by atoms with Gasteiger partial charge in [-0.3, -0.25) is 10.1 Å². The summed E-state index contributed by atoms with van der Waals surface area (Å²) in [6.07, 6.45) is 0. The number of hydrogen-bond acceptors (Lipinski definition) is 3. The van der Waals surface area contributed by atoms with Gasteiger partial charge in [0.25, 0.3) is 0 Å². The van der Waals surface area contributed by atoms with Gasteiger partial charge in [-0.15, -0.1) is 0 Å². The quantitative estimate of drug-likeness (QED) is 0.843. The topological polar surface area (TPSA) is 53.1 Å². The van der Waals surface area contributed by atoms with E-state index in [9.17, 15) is 8.78 Å². The van der Waals surface area contributed by atoms with Crippen molar-refractivity contribution in [2.45, 2.75) is 20.8 Å². The Hall–Kier alpha value is -2.50. The SMILES string of the molecule is C=C(NC(C)=C(F)C(C)=NC)c1[nH]nc2c(F)cc(C)cc12. The van der Waals surface area contributed by atoms with Crippen molar-refractivity contribution in [3.63, 3.8) is 0 Å². The van der Waals surface area contributed by atoms with Gasteiger partial charge in [0.1, 0.15) is 5.52 Å². The number of halogens is 2. The van der Waals surface area contributed by atoms with Gasteiger partial charge in [0.2, 0.25) is 0 Å². The van der Waals surface area contributed by atoms with Gasteiger partial charge in [0.05, 0.1) is 22.8 Å². The molecule has 0 aliphatic carbocycles. The monoisotopic (exact) mass is 304 g/mol. The molecule has 0 fully saturated rings. The Morgan fingerprint density at radius 3 is 2.68 bits per heavy atom. The van der Waals surface area contributed by atoms with Gasteiger partial charge in [-0.2, -0.15) is 5.10 Å². The van der Waals surface area contributed by atoms with Crippen molar-refractivity contribution < 1.29 is 8.78 Å². The van der Waals surface area contributed by atoms with Crippen LogP contribution in [0.25, 0.3) is 16.6 Å². The third kappa shape index (κ3) is 2.90. The van der Waals surface area contributed by atoms with E-state index in [1.165, 1.54) is 13.1 Å². The number of nitrogens with zero attached hydrogens (tertiary/aromatic N) is 2. The maximum Gasteiger partial charge on any atom is 0.162 e. The summed E-state index contributed by atoms with van der Waals surface area (Å²) in [5, 5.41) is 10.2. The highest BCUT2D eigenvalue weighted by molar-refractivity contribution is 5.97. The molecular weight excluding hydrogens is 286 g/mol. The molecule has 116 valence electrons. The molecule has 1 aromatic heterocycles. The van der Waals surface area contributed by atoms with Crippen molar-refractivity contribution in [1.29, 1.82) is 0 Å². The van der Waals surface area contributed by atoms with E-state index in [0.717, 1.165) is 5.56 Å². The molecule has 0 aliphatic rings. The zero-order valence-electron chi connectivity index (χ0n) is 13.0. The number of nitrogens with one attached hydrogen (secondary N) is 2. The first-order valence-corrected chi connectivity index (χ1v) is 6.75. The van der Waals surface area contributed by atoms with Crippen LogP contribution in [0.2, 0.25) is 0 Å². The Bertz CT molecular complexity index is 800. The number of H-pyrrole nitrogens is 1. The lowest BCUT2D eigenvalue weighted by Gasteiger charge is -2.10. The number of aromatic amines is 1. The lowest BCUT2D eigenvalue weighted by atomic mass is 10.1. The van der Waals surface area contributed by atoms with E-state index in [4.69, 9.17) is 0 Å². The first-order valence-electron chi connectivity index (χ1n) is 6.75. The van der Waals surface area contributed by atoms with Crippen LogP contribution in [0.3, 0.4) is 0 Å². The van der Waals surface area contributed by atoms with E-state index in [2.05, 4.69) is 27.1 Å². The van der Waals surface area contributed by atoms with Crippen LogP contribution < -0.4 is 5.32 Å². The van der Waals surface area contributed by atoms with Gasteiger partial charge in [0, 0.05) is 12.4 Å². The molecule has 0 saturated heterocycles. The fraction of sp³-hybridized carbons (Fsp3) is 0.250. The first-order chi connectivity index (χ1) is 10.3. The number of allylic oxidation sites excluding steroid dienone is 2. The van der Waals surface area contributed by atoms with Crippen LogP contribution in [0.15, 0.2) is 35.2 Å². The number of aryl methyl sites for hydroxylation is 1. The Balaban J connectivity index is 2.39. The highest BCUT2D eigenvalue weighted by Crippen LogP contribution is 2.25. The number of rotatable bonds is 4. The fourth-order valence-electron chi connectivity index (χ4n) is 2.15. The van der Waals surface area contributed by atoms with Crippen LogP contribution in [0.1, 0.15) is 25.1 Å². The van der Waals surface area contributed by atoms with Gasteiger partial charge in [0.15, 0.2) is 11.6 Å². The number of hydrogen-bond donors (Lipinski definition) is 2. The van der Waals surface area contributed by atoms with Crippen molar-refractivity contribution in [3.05, 3.63) is 47.3 Å². The summed E-state index contributed by atoms with van der Waals surface area (Å²) in [5.74, 6) is -0.854. The van der Waals surface area contributed by atoms with Crippen LogP contribution in [-0.4, -0.2) is 23.0 Å². The molecule has 2 N–H and O–H groups in total. The zero-order chi connectivity index (χ0) is 16.4. The molecular formula is C16H18F2N4. The third-order valence-corrected chi connectivity index (χ3v) is 3.38. The molecule has 22 heavy (non-hydrogen) atoms. The lowest BCUT2D eigenvalue weighted by molar-refractivity contribution is 0.635. The molecule has 6 heteroatoms. The van der Waals surface area contributed by atoms with Crippen LogP contribution in [0.4, 0.5) is 8.78 Å². The van der Waals surface area contributed by atoms with E-state index in [1.807, 2.05) is 0 Å². The van der Waals surface area contributed by atoms with Crippen molar-refractivity contribution in [2.24, 2.45) is 4.99 Å². The summed E-state index contributed by atoms with van der Waals surface area (Å²) in [7, 11) is 1.52. The maximum absolute atomic E-state index is 14.0. The second-order valence-corrected chi connectivity index (χ2v) is 5.09. The Morgan fingerprint density at radius 1 is 1.36 bits per heavy atom. The van der Waals surface area contributed by atoms with Crippen molar-refractivity contribution >= 4 is 22.3 Å². The molecule has 1 aromatic carbocycles. The summed E-state index contributed by atoms with van der Waals surface area (Å²) < 4.78 is 27.8. The largest absolute Gasteiger partial charge is 0.355 e. The Labute approximate surface area is 127 Å². The predicted octanol–water partition coefficient (Wildman–Crippen LogP) is 3.86. The summed E-state index contributed by atoms with van der Waals surface area (Å²) in [5.41, 5.74) is 2.50. The molecule has 0 saturated carbocycles. The minimum atomic E-state index is -0.449. The molecule has 0 atom stereocenters. The molecule has 0 amide bonds.